The van der Waals surface area contributed by atoms with Gasteiger partial charge in [0.25, 0.3) is 11.8 Å². The van der Waals surface area contributed by atoms with E-state index < -0.39 is 24.5 Å². The van der Waals surface area contributed by atoms with E-state index in [9.17, 15) is 22.8 Å². The first-order chi connectivity index (χ1) is 12.7. The molecule has 5 nitrogen and oxygen atoms in total. The van der Waals surface area contributed by atoms with Gasteiger partial charge in [0, 0.05) is 16.8 Å². The number of benzene rings is 2. The molecule has 144 valence electrons. The Kier molecular flexibility index (Phi) is 6.44. The van der Waals surface area contributed by atoms with Crippen LogP contribution in [0.25, 0.3) is 0 Å². The smallest absolute Gasteiger partial charge is 0.405 e. The van der Waals surface area contributed by atoms with Gasteiger partial charge in [-0.2, -0.15) is 13.2 Å². The van der Waals surface area contributed by atoms with E-state index in [-0.39, 0.29) is 5.56 Å². The zero-order valence-electron chi connectivity index (χ0n) is 14.8. The normalized spacial score (nSPS) is 11.0. The van der Waals surface area contributed by atoms with Crippen LogP contribution < -0.4 is 15.4 Å². The summed E-state index contributed by atoms with van der Waals surface area (Å²) in [6.45, 7) is 2.65. The molecular formula is C19H19F3N2O3. The second-order valence-corrected chi connectivity index (χ2v) is 5.74. The number of carbonyl (C=O) groups excluding carboxylic acids is 2. The Hall–Kier alpha value is -3.03. The van der Waals surface area contributed by atoms with E-state index in [1.807, 2.05) is 6.92 Å². The number of rotatable bonds is 6. The first-order valence-electron chi connectivity index (χ1n) is 8.19. The van der Waals surface area contributed by atoms with Gasteiger partial charge in [0.05, 0.1) is 6.61 Å². The number of hydrogen-bond acceptors (Lipinski definition) is 3. The van der Waals surface area contributed by atoms with Gasteiger partial charge in [0.15, 0.2) is 0 Å². The van der Waals surface area contributed by atoms with Crippen molar-refractivity contribution in [2.75, 3.05) is 18.5 Å². The van der Waals surface area contributed by atoms with Gasteiger partial charge in [0.2, 0.25) is 0 Å². The second-order valence-electron chi connectivity index (χ2n) is 5.74. The van der Waals surface area contributed by atoms with E-state index in [1.165, 1.54) is 12.1 Å². The van der Waals surface area contributed by atoms with Crippen LogP contribution in [0, 0.1) is 6.92 Å². The molecular weight excluding hydrogens is 361 g/mol. The lowest BCUT2D eigenvalue weighted by Gasteiger charge is -2.12. The maximum Gasteiger partial charge on any atom is 0.405 e. The SMILES string of the molecule is CCOc1ccc(C(=O)Nc2cc(C(=O)NCC(F)(F)F)ccc2C)cc1. The average Bonchev–Trinajstić information content (AvgIpc) is 2.61. The summed E-state index contributed by atoms with van der Waals surface area (Å²) in [5.41, 5.74) is 1.41. The third-order valence-corrected chi connectivity index (χ3v) is 3.62. The van der Waals surface area contributed by atoms with Crippen LogP contribution in [-0.4, -0.2) is 31.1 Å². The van der Waals surface area contributed by atoms with Gasteiger partial charge in [-0.1, -0.05) is 6.07 Å². The van der Waals surface area contributed by atoms with E-state index in [2.05, 4.69) is 5.32 Å². The van der Waals surface area contributed by atoms with Crippen molar-refractivity contribution in [2.45, 2.75) is 20.0 Å². The number of ether oxygens (including phenoxy) is 1. The Labute approximate surface area is 154 Å². The minimum atomic E-state index is -4.49. The van der Waals surface area contributed by atoms with Gasteiger partial charge in [-0.15, -0.1) is 0 Å². The van der Waals surface area contributed by atoms with Gasteiger partial charge in [-0.05, 0) is 55.8 Å². The summed E-state index contributed by atoms with van der Waals surface area (Å²) in [4.78, 5) is 24.2. The van der Waals surface area contributed by atoms with Gasteiger partial charge < -0.3 is 15.4 Å². The molecule has 0 saturated heterocycles. The highest BCUT2D eigenvalue weighted by Gasteiger charge is 2.28. The van der Waals surface area contributed by atoms with E-state index in [0.29, 0.717) is 29.2 Å². The molecule has 0 aromatic heterocycles. The molecule has 2 aromatic carbocycles. The minimum Gasteiger partial charge on any atom is -0.494 e. The fourth-order valence-corrected chi connectivity index (χ4v) is 2.24. The highest BCUT2D eigenvalue weighted by atomic mass is 19.4. The monoisotopic (exact) mass is 380 g/mol. The van der Waals surface area contributed by atoms with E-state index in [4.69, 9.17) is 4.74 Å². The number of alkyl halides is 3. The van der Waals surface area contributed by atoms with Crippen LogP contribution in [0.2, 0.25) is 0 Å². The number of hydrogen-bond donors (Lipinski definition) is 2. The molecule has 0 unspecified atom stereocenters. The van der Waals surface area contributed by atoms with Crippen LogP contribution in [0.1, 0.15) is 33.2 Å². The third kappa shape index (κ3) is 6.02. The standard InChI is InChI=1S/C19H19F3N2O3/c1-3-27-15-8-6-13(7-9-15)18(26)24-16-10-14(5-4-12(16)2)17(25)23-11-19(20,21)22/h4-10H,3,11H2,1-2H3,(H,23,25)(H,24,26). The van der Waals surface area contributed by atoms with Gasteiger partial charge >= 0.3 is 6.18 Å². The molecule has 0 aliphatic rings. The van der Waals surface area contributed by atoms with Crippen molar-refractivity contribution in [3.05, 3.63) is 59.2 Å². The van der Waals surface area contributed by atoms with Crippen LogP contribution in [0.5, 0.6) is 5.75 Å². The molecule has 2 amide bonds. The molecule has 0 saturated carbocycles. The minimum absolute atomic E-state index is 0.0202. The number of aryl methyl sites for hydroxylation is 1. The van der Waals surface area contributed by atoms with Crippen molar-refractivity contribution in [3.8, 4) is 5.75 Å². The van der Waals surface area contributed by atoms with Gasteiger partial charge in [0.1, 0.15) is 12.3 Å². The molecule has 0 aliphatic carbocycles. The number of amides is 2. The van der Waals surface area contributed by atoms with E-state index in [0.717, 1.165) is 0 Å². The average molecular weight is 380 g/mol. The van der Waals surface area contributed by atoms with Crippen molar-refractivity contribution in [2.24, 2.45) is 0 Å². The van der Waals surface area contributed by atoms with Crippen molar-refractivity contribution < 1.29 is 27.5 Å². The van der Waals surface area contributed by atoms with Crippen molar-refractivity contribution >= 4 is 17.5 Å². The summed E-state index contributed by atoms with van der Waals surface area (Å²) in [5, 5.41) is 4.46. The first kappa shape index (κ1) is 20.3. The molecule has 0 fully saturated rings. The Balaban J connectivity index is 2.11. The molecule has 0 atom stereocenters. The lowest BCUT2D eigenvalue weighted by Crippen LogP contribution is -2.33. The maximum atomic E-state index is 12.4. The molecule has 2 rings (SSSR count). The Morgan fingerprint density at radius 2 is 1.63 bits per heavy atom. The third-order valence-electron chi connectivity index (χ3n) is 3.62. The summed E-state index contributed by atoms with van der Waals surface area (Å²) < 4.78 is 42.0. The molecule has 27 heavy (non-hydrogen) atoms. The largest absolute Gasteiger partial charge is 0.494 e. The fraction of sp³-hybridized carbons (Fsp3) is 0.263. The van der Waals surface area contributed by atoms with Crippen LogP contribution >= 0.6 is 0 Å². The number of halogens is 3. The first-order valence-corrected chi connectivity index (χ1v) is 8.19. The topological polar surface area (TPSA) is 67.4 Å². The number of nitrogens with one attached hydrogen (secondary N) is 2. The summed E-state index contributed by atoms with van der Waals surface area (Å²) in [5.74, 6) is -0.647. The highest BCUT2D eigenvalue weighted by molar-refractivity contribution is 6.05. The summed E-state index contributed by atoms with van der Waals surface area (Å²) in [7, 11) is 0. The lowest BCUT2D eigenvalue weighted by molar-refractivity contribution is -0.123. The number of anilines is 1. The Morgan fingerprint density at radius 1 is 1.00 bits per heavy atom. The predicted molar refractivity (Wildman–Crippen MR) is 95.1 cm³/mol. The zero-order chi connectivity index (χ0) is 20.0. The van der Waals surface area contributed by atoms with Crippen LogP contribution in [-0.2, 0) is 0 Å². The molecule has 2 aromatic rings. The van der Waals surface area contributed by atoms with Crippen LogP contribution in [0.4, 0.5) is 18.9 Å². The Morgan fingerprint density at radius 3 is 2.22 bits per heavy atom. The zero-order valence-corrected chi connectivity index (χ0v) is 14.8. The second kappa shape index (κ2) is 8.57. The summed E-state index contributed by atoms with van der Waals surface area (Å²) >= 11 is 0. The van der Waals surface area contributed by atoms with Crippen molar-refractivity contribution in [3.63, 3.8) is 0 Å². The van der Waals surface area contributed by atoms with Crippen LogP contribution in [0.3, 0.4) is 0 Å². The Bertz CT molecular complexity index is 818. The van der Waals surface area contributed by atoms with E-state index >= 15 is 0 Å². The molecule has 0 heterocycles. The molecule has 0 radical (unpaired) electrons. The molecule has 0 aliphatic heterocycles. The highest BCUT2D eigenvalue weighted by Crippen LogP contribution is 2.20. The predicted octanol–water partition coefficient (Wildman–Crippen LogP) is 3.94. The maximum absolute atomic E-state index is 12.4. The molecule has 2 N–H and O–H groups in total. The van der Waals surface area contributed by atoms with Gasteiger partial charge in [-0.25, -0.2) is 0 Å². The lowest BCUT2D eigenvalue weighted by atomic mass is 10.1. The van der Waals surface area contributed by atoms with E-state index in [1.54, 1.807) is 42.6 Å². The quantitative estimate of drug-likeness (QED) is 0.798. The summed E-state index contributed by atoms with van der Waals surface area (Å²) in [6, 6.07) is 10.8. The molecule has 0 bridgehead atoms. The summed E-state index contributed by atoms with van der Waals surface area (Å²) in [6.07, 6.45) is -4.49. The van der Waals surface area contributed by atoms with Crippen LogP contribution in [0.15, 0.2) is 42.5 Å². The molecule has 8 heteroatoms. The molecule has 0 spiro atoms. The van der Waals surface area contributed by atoms with Gasteiger partial charge in [-0.3, -0.25) is 9.59 Å². The van der Waals surface area contributed by atoms with Crippen molar-refractivity contribution in [1.82, 2.24) is 5.32 Å². The number of carbonyl (C=O) groups is 2. The fourth-order valence-electron chi connectivity index (χ4n) is 2.24. The van der Waals surface area contributed by atoms with Crippen molar-refractivity contribution in [1.29, 1.82) is 0 Å².